The van der Waals surface area contributed by atoms with E-state index in [9.17, 15) is 0 Å². The third-order valence-corrected chi connectivity index (χ3v) is 4.04. The van der Waals surface area contributed by atoms with E-state index >= 15 is 0 Å². The van der Waals surface area contributed by atoms with Crippen molar-refractivity contribution < 1.29 is 0 Å². The number of piperazine rings is 1. The Morgan fingerprint density at radius 1 is 1.35 bits per heavy atom. The van der Waals surface area contributed by atoms with Gasteiger partial charge in [0.25, 0.3) is 0 Å². The van der Waals surface area contributed by atoms with Crippen LogP contribution in [0.1, 0.15) is 40.0 Å². The standard InChI is InChI=1S/C15H28N2/c1-4-5-8-17-11-14(9-12(2)3)16-10-15(17)13-6-7-13/h4-5,12-16H,6-11H2,1-3H3/b5-4+. The molecule has 1 saturated carbocycles. The maximum Gasteiger partial charge on any atom is 0.0252 e. The molecule has 0 radical (unpaired) electrons. The molecular weight excluding hydrogens is 208 g/mol. The maximum absolute atomic E-state index is 3.76. The van der Waals surface area contributed by atoms with Gasteiger partial charge in [-0.05, 0) is 38.0 Å². The van der Waals surface area contributed by atoms with Crippen LogP contribution in [-0.4, -0.2) is 36.6 Å². The van der Waals surface area contributed by atoms with Crippen LogP contribution in [-0.2, 0) is 0 Å². The van der Waals surface area contributed by atoms with Crippen LogP contribution in [0.4, 0.5) is 0 Å². The molecule has 2 rings (SSSR count). The van der Waals surface area contributed by atoms with Crippen molar-refractivity contribution in [3.8, 4) is 0 Å². The minimum Gasteiger partial charge on any atom is -0.311 e. The zero-order chi connectivity index (χ0) is 12.3. The molecular formula is C15H28N2. The van der Waals surface area contributed by atoms with Crippen molar-refractivity contribution in [2.24, 2.45) is 11.8 Å². The van der Waals surface area contributed by atoms with E-state index in [1.807, 2.05) is 0 Å². The lowest BCUT2D eigenvalue weighted by Crippen LogP contribution is -2.57. The van der Waals surface area contributed by atoms with Crippen LogP contribution < -0.4 is 5.32 Å². The Morgan fingerprint density at radius 3 is 2.71 bits per heavy atom. The molecule has 0 aromatic carbocycles. The van der Waals surface area contributed by atoms with Crippen molar-refractivity contribution in [1.29, 1.82) is 0 Å². The summed E-state index contributed by atoms with van der Waals surface area (Å²) in [7, 11) is 0. The molecule has 1 aliphatic carbocycles. The van der Waals surface area contributed by atoms with E-state index in [0.717, 1.165) is 24.4 Å². The third kappa shape index (κ3) is 3.82. The molecule has 2 heteroatoms. The summed E-state index contributed by atoms with van der Waals surface area (Å²) < 4.78 is 0. The Hall–Kier alpha value is -0.340. The molecule has 0 bridgehead atoms. The molecule has 2 fully saturated rings. The van der Waals surface area contributed by atoms with Gasteiger partial charge in [-0.3, -0.25) is 4.90 Å². The zero-order valence-electron chi connectivity index (χ0n) is 11.7. The van der Waals surface area contributed by atoms with E-state index in [0.29, 0.717) is 6.04 Å². The van der Waals surface area contributed by atoms with Crippen molar-refractivity contribution >= 4 is 0 Å². The molecule has 2 unspecified atom stereocenters. The van der Waals surface area contributed by atoms with Crippen molar-refractivity contribution in [2.75, 3.05) is 19.6 Å². The van der Waals surface area contributed by atoms with Crippen LogP contribution in [0.2, 0.25) is 0 Å². The molecule has 98 valence electrons. The third-order valence-electron chi connectivity index (χ3n) is 4.04. The number of nitrogens with zero attached hydrogens (tertiary/aromatic N) is 1. The van der Waals surface area contributed by atoms with Gasteiger partial charge in [-0.15, -0.1) is 0 Å². The Morgan fingerprint density at radius 2 is 2.12 bits per heavy atom. The summed E-state index contributed by atoms with van der Waals surface area (Å²) in [4.78, 5) is 2.71. The fraction of sp³-hybridized carbons (Fsp3) is 0.867. The van der Waals surface area contributed by atoms with Crippen LogP contribution >= 0.6 is 0 Å². The SMILES string of the molecule is C/C=C/CN1CC(CC(C)C)NCC1C1CC1. The molecule has 0 amide bonds. The van der Waals surface area contributed by atoms with Gasteiger partial charge < -0.3 is 5.32 Å². The molecule has 1 heterocycles. The van der Waals surface area contributed by atoms with E-state index in [2.05, 4.69) is 43.1 Å². The Bertz CT molecular complexity index is 256. The van der Waals surface area contributed by atoms with Gasteiger partial charge in [0.1, 0.15) is 0 Å². The fourth-order valence-corrected chi connectivity index (χ4v) is 3.02. The van der Waals surface area contributed by atoms with Crippen molar-refractivity contribution in [2.45, 2.75) is 52.1 Å². The molecule has 1 N–H and O–H groups in total. The maximum atomic E-state index is 3.76. The van der Waals surface area contributed by atoms with Gasteiger partial charge >= 0.3 is 0 Å². The molecule has 0 aromatic heterocycles. The van der Waals surface area contributed by atoms with Gasteiger partial charge in [0.05, 0.1) is 0 Å². The first-order chi connectivity index (χ1) is 8.20. The smallest absolute Gasteiger partial charge is 0.0252 e. The van der Waals surface area contributed by atoms with E-state index in [4.69, 9.17) is 0 Å². The highest BCUT2D eigenvalue weighted by atomic mass is 15.2. The van der Waals surface area contributed by atoms with Crippen molar-refractivity contribution in [1.82, 2.24) is 10.2 Å². The Kier molecular flexibility index (Phi) is 4.63. The Balaban J connectivity index is 1.89. The van der Waals surface area contributed by atoms with Crippen LogP contribution in [0.25, 0.3) is 0 Å². The van der Waals surface area contributed by atoms with Crippen LogP contribution in [0.15, 0.2) is 12.2 Å². The number of nitrogens with one attached hydrogen (secondary N) is 1. The molecule has 2 nitrogen and oxygen atoms in total. The first-order valence-corrected chi connectivity index (χ1v) is 7.29. The van der Waals surface area contributed by atoms with Crippen molar-refractivity contribution in [3.63, 3.8) is 0 Å². The first kappa shape index (κ1) is 13.1. The number of hydrogen-bond donors (Lipinski definition) is 1. The normalized spacial score (nSPS) is 31.5. The first-order valence-electron chi connectivity index (χ1n) is 7.29. The molecule has 1 saturated heterocycles. The average Bonchev–Trinajstić information content (AvgIpc) is 3.09. The molecule has 2 atom stereocenters. The quantitative estimate of drug-likeness (QED) is 0.738. The fourth-order valence-electron chi connectivity index (χ4n) is 3.02. The van der Waals surface area contributed by atoms with Gasteiger partial charge in [-0.1, -0.05) is 26.0 Å². The van der Waals surface area contributed by atoms with Gasteiger partial charge in [0.2, 0.25) is 0 Å². The topological polar surface area (TPSA) is 15.3 Å². The van der Waals surface area contributed by atoms with Crippen LogP contribution in [0, 0.1) is 11.8 Å². The van der Waals surface area contributed by atoms with Gasteiger partial charge in [0, 0.05) is 31.7 Å². The summed E-state index contributed by atoms with van der Waals surface area (Å²) >= 11 is 0. The van der Waals surface area contributed by atoms with E-state index in [-0.39, 0.29) is 0 Å². The van der Waals surface area contributed by atoms with E-state index in [1.54, 1.807) is 0 Å². The second-order valence-corrected chi connectivity index (χ2v) is 6.16. The highest BCUT2D eigenvalue weighted by molar-refractivity contribution is 4.97. The summed E-state index contributed by atoms with van der Waals surface area (Å²) in [5, 5.41) is 3.76. The lowest BCUT2D eigenvalue weighted by molar-refractivity contribution is 0.121. The van der Waals surface area contributed by atoms with E-state index in [1.165, 1.54) is 32.4 Å². The van der Waals surface area contributed by atoms with Crippen LogP contribution in [0.3, 0.4) is 0 Å². The average molecular weight is 236 g/mol. The predicted octanol–water partition coefficient (Wildman–Crippen LogP) is 2.66. The highest BCUT2D eigenvalue weighted by Gasteiger charge is 2.38. The molecule has 1 aliphatic heterocycles. The number of allylic oxidation sites excluding steroid dienone is 1. The van der Waals surface area contributed by atoms with Gasteiger partial charge in [-0.25, -0.2) is 0 Å². The summed E-state index contributed by atoms with van der Waals surface area (Å²) in [6.07, 6.45) is 8.71. The second kappa shape index (κ2) is 6.01. The largest absolute Gasteiger partial charge is 0.311 e. The summed E-state index contributed by atoms with van der Waals surface area (Å²) in [5.74, 6) is 1.78. The van der Waals surface area contributed by atoms with Gasteiger partial charge in [-0.2, -0.15) is 0 Å². The molecule has 17 heavy (non-hydrogen) atoms. The predicted molar refractivity (Wildman–Crippen MR) is 74.1 cm³/mol. The monoisotopic (exact) mass is 236 g/mol. The minimum absolute atomic E-state index is 0.704. The Labute approximate surface area is 106 Å². The summed E-state index contributed by atoms with van der Waals surface area (Å²) in [6.45, 7) is 10.4. The summed E-state index contributed by atoms with van der Waals surface area (Å²) in [5.41, 5.74) is 0. The second-order valence-electron chi connectivity index (χ2n) is 6.16. The molecule has 0 spiro atoms. The lowest BCUT2D eigenvalue weighted by atomic mass is 9.98. The minimum atomic E-state index is 0.704. The van der Waals surface area contributed by atoms with Crippen molar-refractivity contribution in [3.05, 3.63) is 12.2 Å². The lowest BCUT2D eigenvalue weighted by Gasteiger charge is -2.41. The highest BCUT2D eigenvalue weighted by Crippen LogP contribution is 2.36. The van der Waals surface area contributed by atoms with Gasteiger partial charge in [0.15, 0.2) is 0 Å². The van der Waals surface area contributed by atoms with Crippen LogP contribution in [0.5, 0.6) is 0 Å². The number of hydrogen-bond acceptors (Lipinski definition) is 2. The molecule has 0 aromatic rings. The summed E-state index contributed by atoms with van der Waals surface area (Å²) in [6, 6.07) is 1.50. The van der Waals surface area contributed by atoms with E-state index < -0.39 is 0 Å². The zero-order valence-corrected chi connectivity index (χ0v) is 11.7. The number of rotatable bonds is 5. The molecule has 2 aliphatic rings.